The van der Waals surface area contributed by atoms with Crippen molar-refractivity contribution in [3.8, 4) is 29.0 Å². The van der Waals surface area contributed by atoms with Crippen molar-refractivity contribution in [3.05, 3.63) is 102 Å². The summed E-state index contributed by atoms with van der Waals surface area (Å²) in [5.41, 5.74) is 2.95. The lowest BCUT2D eigenvalue weighted by Crippen LogP contribution is -2.01. The molecule has 0 amide bonds. The van der Waals surface area contributed by atoms with Gasteiger partial charge in [-0.15, -0.1) is 0 Å². The van der Waals surface area contributed by atoms with Crippen molar-refractivity contribution < 1.29 is 4.39 Å². The summed E-state index contributed by atoms with van der Waals surface area (Å²) >= 11 is 0. The molecule has 0 atom stereocenters. The first-order valence-electron chi connectivity index (χ1n) is 9.46. The number of aromatic nitrogens is 1. The number of rotatable bonds is 2. The van der Waals surface area contributed by atoms with Gasteiger partial charge in [0.15, 0.2) is 5.82 Å². The third kappa shape index (κ3) is 2.42. The predicted octanol–water partition coefficient (Wildman–Crippen LogP) is 6.33. The smallest absolute Gasteiger partial charge is 0.166 e. The van der Waals surface area contributed by atoms with Crippen LogP contribution in [0.15, 0.2) is 84.9 Å². The highest BCUT2D eigenvalue weighted by molar-refractivity contribution is 6.14. The lowest BCUT2D eigenvalue weighted by atomic mass is 9.91. The van der Waals surface area contributed by atoms with E-state index in [1.165, 1.54) is 0 Å². The first-order chi connectivity index (χ1) is 14.8. The van der Waals surface area contributed by atoms with Crippen molar-refractivity contribution in [2.24, 2.45) is 0 Å². The average molecular weight is 387 g/mol. The Hall–Kier alpha value is -4.41. The SMILES string of the molecule is N#Cc1c(-c2ccccc2)c(C#N)c2c3ccccc3n(-c3ccccc3)c2c1F. The predicted molar refractivity (Wildman–Crippen MR) is 116 cm³/mol. The minimum absolute atomic E-state index is 0.120. The van der Waals surface area contributed by atoms with Crippen LogP contribution >= 0.6 is 0 Å². The first kappa shape index (κ1) is 17.7. The van der Waals surface area contributed by atoms with Crippen LogP contribution in [0, 0.1) is 28.5 Å². The molecule has 30 heavy (non-hydrogen) atoms. The van der Waals surface area contributed by atoms with Crippen molar-refractivity contribution >= 4 is 21.8 Å². The maximum atomic E-state index is 16.0. The molecule has 5 rings (SSSR count). The number of para-hydroxylation sites is 2. The van der Waals surface area contributed by atoms with Gasteiger partial charge in [0.05, 0.1) is 22.2 Å². The van der Waals surface area contributed by atoms with Gasteiger partial charge in [-0.1, -0.05) is 66.7 Å². The summed E-state index contributed by atoms with van der Waals surface area (Å²) in [6.45, 7) is 0. The van der Waals surface area contributed by atoms with Gasteiger partial charge in [0.1, 0.15) is 12.1 Å². The molecule has 5 aromatic rings. The summed E-state index contributed by atoms with van der Waals surface area (Å²) in [5, 5.41) is 21.3. The van der Waals surface area contributed by atoms with E-state index in [2.05, 4.69) is 6.07 Å². The molecule has 140 valence electrons. The zero-order valence-corrected chi connectivity index (χ0v) is 15.8. The minimum Gasteiger partial charge on any atom is -0.306 e. The Morgan fingerprint density at radius 2 is 1.30 bits per heavy atom. The molecule has 0 aliphatic carbocycles. The van der Waals surface area contributed by atoms with Gasteiger partial charge in [-0.2, -0.15) is 10.5 Å². The van der Waals surface area contributed by atoms with E-state index in [1.807, 2.05) is 78.9 Å². The van der Waals surface area contributed by atoms with Gasteiger partial charge >= 0.3 is 0 Å². The van der Waals surface area contributed by atoms with Gasteiger partial charge in [0, 0.05) is 22.0 Å². The van der Waals surface area contributed by atoms with Crippen LogP contribution in [0.2, 0.25) is 0 Å². The lowest BCUT2D eigenvalue weighted by Gasteiger charge is -2.13. The van der Waals surface area contributed by atoms with Crippen LogP contribution in [0.25, 0.3) is 38.6 Å². The van der Waals surface area contributed by atoms with E-state index in [4.69, 9.17) is 0 Å². The maximum absolute atomic E-state index is 16.0. The molecule has 0 spiro atoms. The zero-order valence-electron chi connectivity index (χ0n) is 15.8. The number of benzene rings is 4. The molecule has 0 aliphatic heterocycles. The fourth-order valence-electron chi connectivity index (χ4n) is 4.13. The zero-order chi connectivity index (χ0) is 20.7. The fraction of sp³-hybridized carbons (Fsp3) is 0. The summed E-state index contributed by atoms with van der Waals surface area (Å²) in [6, 6.07) is 30.3. The van der Waals surface area contributed by atoms with Gasteiger partial charge in [0.2, 0.25) is 0 Å². The van der Waals surface area contributed by atoms with Gasteiger partial charge in [-0.05, 0) is 23.8 Å². The highest BCUT2D eigenvalue weighted by atomic mass is 19.1. The lowest BCUT2D eigenvalue weighted by molar-refractivity contribution is 0.632. The molecule has 0 saturated carbocycles. The third-order valence-corrected chi connectivity index (χ3v) is 5.35. The summed E-state index contributed by atoms with van der Waals surface area (Å²) < 4.78 is 17.8. The molecule has 1 aromatic heterocycles. The van der Waals surface area contributed by atoms with E-state index in [0.29, 0.717) is 22.1 Å². The van der Waals surface area contributed by atoms with Crippen LogP contribution in [0.4, 0.5) is 4.39 Å². The van der Waals surface area contributed by atoms with E-state index in [9.17, 15) is 10.5 Å². The molecule has 0 radical (unpaired) electrons. The molecule has 0 aliphatic rings. The molecule has 0 unspecified atom stereocenters. The summed E-state index contributed by atoms with van der Waals surface area (Å²) in [5.74, 6) is -0.620. The third-order valence-electron chi connectivity index (χ3n) is 5.35. The second-order valence-corrected chi connectivity index (χ2v) is 6.94. The van der Waals surface area contributed by atoms with E-state index in [1.54, 1.807) is 16.7 Å². The number of nitrogens with zero attached hydrogens (tertiary/aromatic N) is 3. The van der Waals surface area contributed by atoms with Crippen LogP contribution in [-0.4, -0.2) is 4.57 Å². The number of nitriles is 2. The van der Waals surface area contributed by atoms with Crippen molar-refractivity contribution in [2.75, 3.05) is 0 Å². The molecule has 4 aromatic carbocycles. The second kappa shape index (κ2) is 6.88. The molecule has 3 nitrogen and oxygen atoms in total. The fourth-order valence-corrected chi connectivity index (χ4v) is 4.13. The number of hydrogen-bond donors (Lipinski definition) is 0. The largest absolute Gasteiger partial charge is 0.306 e. The minimum atomic E-state index is -0.620. The Morgan fingerprint density at radius 1 is 0.700 bits per heavy atom. The molecule has 0 bridgehead atoms. The van der Waals surface area contributed by atoms with Crippen molar-refractivity contribution in [1.82, 2.24) is 4.57 Å². The Kier molecular flexibility index (Phi) is 4.05. The Bertz CT molecular complexity index is 1500. The summed E-state index contributed by atoms with van der Waals surface area (Å²) in [7, 11) is 0. The van der Waals surface area contributed by atoms with E-state index in [0.717, 1.165) is 16.6 Å². The molecular weight excluding hydrogens is 373 g/mol. The maximum Gasteiger partial charge on any atom is 0.166 e. The Balaban J connectivity index is 2.08. The van der Waals surface area contributed by atoms with Crippen LogP contribution < -0.4 is 0 Å². The van der Waals surface area contributed by atoms with Gasteiger partial charge in [0.25, 0.3) is 0 Å². The van der Waals surface area contributed by atoms with Gasteiger partial charge in [-0.25, -0.2) is 4.39 Å². The van der Waals surface area contributed by atoms with Crippen LogP contribution in [-0.2, 0) is 0 Å². The molecule has 1 heterocycles. The van der Waals surface area contributed by atoms with Gasteiger partial charge in [-0.3, -0.25) is 0 Å². The standard InChI is InChI=1S/C26H14FN3/c27-25-21(16-29)23(17-9-3-1-4-10-17)20(15-28)24-19-13-7-8-14-22(19)30(26(24)25)18-11-5-2-6-12-18/h1-14H. The quantitative estimate of drug-likeness (QED) is 0.355. The number of hydrogen-bond acceptors (Lipinski definition) is 2. The second-order valence-electron chi connectivity index (χ2n) is 6.94. The Labute approximate surface area is 172 Å². The average Bonchev–Trinajstić information content (AvgIpc) is 3.16. The van der Waals surface area contributed by atoms with Crippen LogP contribution in [0.1, 0.15) is 11.1 Å². The molecular formula is C26H14FN3. The van der Waals surface area contributed by atoms with Crippen molar-refractivity contribution in [2.45, 2.75) is 0 Å². The highest BCUT2D eigenvalue weighted by Crippen LogP contribution is 2.42. The first-order valence-corrected chi connectivity index (χ1v) is 9.46. The number of halogens is 1. The van der Waals surface area contributed by atoms with Crippen LogP contribution in [0.5, 0.6) is 0 Å². The normalized spacial score (nSPS) is 10.8. The number of fused-ring (bicyclic) bond motifs is 3. The highest BCUT2D eigenvalue weighted by Gasteiger charge is 2.26. The van der Waals surface area contributed by atoms with E-state index < -0.39 is 5.82 Å². The molecule has 0 fully saturated rings. The monoisotopic (exact) mass is 387 g/mol. The van der Waals surface area contributed by atoms with E-state index >= 15 is 4.39 Å². The topological polar surface area (TPSA) is 52.5 Å². The van der Waals surface area contributed by atoms with E-state index in [-0.39, 0.29) is 11.1 Å². The molecule has 4 heteroatoms. The molecule has 0 saturated heterocycles. The molecule has 0 N–H and O–H groups in total. The summed E-state index contributed by atoms with van der Waals surface area (Å²) in [6.07, 6.45) is 0. The summed E-state index contributed by atoms with van der Waals surface area (Å²) in [4.78, 5) is 0. The van der Waals surface area contributed by atoms with Crippen molar-refractivity contribution in [1.29, 1.82) is 10.5 Å². The Morgan fingerprint density at radius 3 is 1.97 bits per heavy atom. The van der Waals surface area contributed by atoms with Gasteiger partial charge < -0.3 is 4.57 Å². The van der Waals surface area contributed by atoms with Crippen molar-refractivity contribution in [3.63, 3.8) is 0 Å². The van der Waals surface area contributed by atoms with Crippen LogP contribution in [0.3, 0.4) is 0 Å².